The van der Waals surface area contributed by atoms with Crippen LogP contribution in [0.5, 0.6) is 5.75 Å². The van der Waals surface area contributed by atoms with E-state index in [1.807, 2.05) is 19.0 Å². The number of esters is 1. The number of aryl methyl sites for hydroxylation is 1. The van der Waals surface area contributed by atoms with Gasteiger partial charge in [0.1, 0.15) is 17.4 Å². The fourth-order valence-corrected chi connectivity index (χ4v) is 3.82. The smallest absolute Gasteiger partial charge is 0.328 e. The van der Waals surface area contributed by atoms with Crippen LogP contribution in [0.1, 0.15) is 22.3 Å². The zero-order chi connectivity index (χ0) is 22.0. The van der Waals surface area contributed by atoms with E-state index in [4.69, 9.17) is 9.47 Å². The van der Waals surface area contributed by atoms with E-state index >= 15 is 0 Å². The van der Waals surface area contributed by atoms with Gasteiger partial charge in [-0.2, -0.15) is 0 Å². The van der Waals surface area contributed by atoms with Gasteiger partial charge in [-0.1, -0.05) is 12.1 Å². The fraction of sp³-hybridized carbons (Fsp3) is 0.409. The average molecular weight is 413 g/mol. The van der Waals surface area contributed by atoms with E-state index in [-0.39, 0.29) is 11.6 Å². The van der Waals surface area contributed by atoms with Gasteiger partial charge in [0.15, 0.2) is 0 Å². The van der Waals surface area contributed by atoms with Gasteiger partial charge in [0.25, 0.3) is 11.5 Å². The molecular weight excluding hydrogens is 386 g/mol. The van der Waals surface area contributed by atoms with Gasteiger partial charge in [-0.25, -0.2) is 4.79 Å². The van der Waals surface area contributed by atoms with Crippen LogP contribution in [-0.2, 0) is 9.53 Å². The van der Waals surface area contributed by atoms with Crippen molar-refractivity contribution in [3.8, 4) is 11.4 Å². The molecule has 1 aromatic carbocycles. The predicted molar refractivity (Wildman–Crippen MR) is 112 cm³/mol. The van der Waals surface area contributed by atoms with Crippen LogP contribution in [0.4, 0.5) is 0 Å². The third-order valence-electron chi connectivity index (χ3n) is 5.60. The summed E-state index contributed by atoms with van der Waals surface area (Å²) in [4.78, 5) is 42.6. The Hall–Kier alpha value is -3.13. The second-order valence-corrected chi connectivity index (χ2v) is 7.57. The topological polar surface area (TPSA) is 81.1 Å². The number of ether oxygens (including phenoxy) is 2. The quantitative estimate of drug-likeness (QED) is 0.691. The van der Waals surface area contributed by atoms with Crippen LogP contribution < -0.4 is 10.3 Å². The Kier molecular flexibility index (Phi) is 6.26. The number of hydrogen-bond donors (Lipinski definition) is 0. The molecule has 1 amide bonds. The lowest BCUT2D eigenvalue weighted by atomic mass is 10.1. The van der Waals surface area contributed by atoms with E-state index in [9.17, 15) is 14.4 Å². The van der Waals surface area contributed by atoms with Crippen LogP contribution >= 0.6 is 0 Å². The summed E-state index contributed by atoms with van der Waals surface area (Å²) in [6.45, 7) is 2.06. The van der Waals surface area contributed by atoms with E-state index < -0.39 is 23.5 Å². The number of hydrogen-bond acceptors (Lipinski definition) is 6. The summed E-state index contributed by atoms with van der Waals surface area (Å²) in [5, 5.41) is 0. The first-order valence-corrected chi connectivity index (χ1v) is 9.71. The summed E-state index contributed by atoms with van der Waals surface area (Å²) in [5.74, 6) is -0.434. The fourth-order valence-electron chi connectivity index (χ4n) is 3.82. The van der Waals surface area contributed by atoms with Crippen molar-refractivity contribution in [2.75, 3.05) is 34.9 Å². The molecular formula is C22H27N3O5. The van der Waals surface area contributed by atoms with Crippen LogP contribution in [-0.4, -0.2) is 73.2 Å². The number of nitrogens with zero attached hydrogens (tertiary/aromatic N) is 3. The molecule has 8 heteroatoms. The van der Waals surface area contributed by atoms with Gasteiger partial charge in [-0.15, -0.1) is 0 Å². The minimum atomic E-state index is -0.728. The molecule has 2 atom stereocenters. The molecule has 0 spiro atoms. The van der Waals surface area contributed by atoms with Gasteiger partial charge in [0, 0.05) is 18.8 Å². The van der Waals surface area contributed by atoms with E-state index in [1.165, 1.54) is 23.7 Å². The zero-order valence-corrected chi connectivity index (χ0v) is 17.9. The first-order valence-electron chi connectivity index (χ1n) is 9.71. The van der Waals surface area contributed by atoms with Gasteiger partial charge in [0.2, 0.25) is 0 Å². The predicted octanol–water partition coefficient (Wildman–Crippen LogP) is 1.47. The van der Waals surface area contributed by atoms with Crippen LogP contribution in [0.25, 0.3) is 5.69 Å². The van der Waals surface area contributed by atoms with Crippen molar-refractivity contribution >= 4 is 11.9 Å². The van der Waals surface area contributed by atoms with Crippen molar-refractivity contribution < 1.29 is 19.1 Å². The zero-order valence-electron chi connectivity index (χ0n) is 17.9. The van der Waals surface area contributed by atoms with E-state index in [0.717, 1.165) is 0 Å². The summed E-state index contributed by atoms with van der Waals surface area (Å²) in [5.41, 5.74) is 0.669. The lowest BCUT2D eigenvalue weighted by Crippen LogP contribution is -2.44. The number of carbonyl (C=O) groups excluding carboxylic acids is 2. The molecule has 0 N–H and O–H groups in total. The first kappa shape index (κ1) is 21.6. The maximum Gasteiger partial charge on any atom is 0.328 e. The maximum atomic E-state index is 13.5. The highest BCUT2D eigenvalue weighted by Gasteiger charge is 2.42. The Bertz CT molecular complexity index is 1010. The largest absolute Gasteiger partial charge is 0.495 e. The van der Waals surface area contributed by atoms with Gasteiger partial charge >= 0.3 is 5.97 Å². The van der Waals surface area contributed by atoms with E-state index in [0.29, 0.717) is 30.0 Å². The third-order valence-corrected chi connectivity index (χ3v) is 5.60. The van der Waals surface area contributed by atoms with Crippen molar-refractivity contribution in [1.29, 1.82) is 0 Å². The number of likely N-dealkylation sites (tertiary alicyclic amines) is 1. The van der Waals surface area contributed by atoms with Crippen LogP contribution in [0.3, 0.4) is 0 Å². The maximum absolute atomic E-state index is 13.5. The Labute approximate surface area is 175 Å². The molecule has 0 aliphatic carbocycles. The molecule has 8 nitrogen and oxygen atoms in total. The molecule has 2 heterocycles. The normalized spacial score (nSPS) is 18.5. The molecule has 2 aromatic rings. The summed E-state index contributed by atoms with van der Waals surface area (Å²) < 4.78 is 11.7. The number of benzene rings is 1. The van der Waals surface area contributed by atoms with Crippen LogP contribution in [0.2, 0.25) is 0 Å². The Balaban J connectivity index is 2.08. The van der Waals surface area contributed by atoms with Crippen molar-refractivity contribution in [1.82, 2.24) is 14.4 Å². The van der Waals surface area contributed by atoms with Gasteiger partial charge in [-0.3, -0.25) is 14.2 Å². The monoisotopic (exact) mass is 413 g/mol. The van der Waals surface area contributed by atoms with Crippen LogP contribution in [0, 0.1) is 6.92 Å². The van der Waals surface area contributed by atoms with E-state index in [2.05, 4.69) is 0 Å². The van der Waals surface area contributed by atoms with Crippen molar-refractivity contribution in [2.45, 2.75) is 25.4 Å². The number of carbonyl (C=O) groups is 2. The molecule has 0 bridgehead atoms. The average Bonchev–Trinajstić information content (AvgIpc) is 3.19. The van der Waals surface area contributed by atoms with Gasteiger partial charge < -0.3 is 19.3 Å². The summed E-state index contributed by atoms with van der Waals surface area (Å²) >= 11 is 0. The van der Waals surface area contributed by atoms with Gasteiger partial charge in [-0.05, 0) is 51.2 Å². The number of pyridine rings is 1. The molecule has 3 rings (SSSR count). The van der Waals surface area contributed by atoms with Gasteiger partial charge in [0.05, 0.1) is 19.9 Å². The summed E-state index contributed by atoms with van der Waals surface area (Å²) in [6, 6.07) is 8.08. The molecule has 1 fully saturated rings. The molecule has 160 valence electrons. The number of rotatable bonds is 5. The van der Waals surface area contributed by atoms with Crippen molar-refractivity contribution in [3.05, 3.63) is 58.0 Å². The standard InChI is InChI=1S/C22H27N3O5/c1-14-10-11-24(16-8-6-7-9-18(16)29-4)20(26)19(14)21(27)25-13-15(23(2)3)12-17(25)22(28)30-5/h6-11,15,17H,12-13H2,1-5H3/t15-,17+/m1/s1. The highest BCUT2D eigenvalue weighted by molar-refractivity contribution is 5.98. The lowest BCUT2D eigenvalue weighted by molar-refractivity contribution is -0.145. The molecule has 0 unspecified atom stereocenters. The molecule has 1 saturated heterocycles. The highest BCUT2D eigenvalue weighted by atomic mass is 16.5. The number of amides is 1. The Morgan fingerprint density at radius 2 is 1.83 bits per heavy atom. The molecule has 1 aliphatic rings. The molecule has 0 saturated carbocycles. The van der Waals surface area contributed by atoms with Crippen molar-refractivity contribution in [2.24, 2.45) is 0 Å². The molecule has 30 heavy (non-hydrogen) atoms. The lowest BCUT2D eigenvalue weighted by Gasteiger charge is -2.24. The summed E-state index contributed by atoms with van der Waals surface area (Å²) in [6.07, 6.45) is 2.08. The molecule has 0 radical (unpaired) electrons. The minimum Gasteiger partial charge on any atom is -0.495 e. The van der Waals surface area contributed by atoms with E-state index in [1.54, 1.807) is 43.5 Å². The summed E-state index contributed by atoms with van der Waals surface area (Å²) in [7, 11) is 6.62. The number of para-hydroxylation sites is 2. The number of aromatic nitrogens is 1. The second kappa shape index (κ2) is 8.71. The molecule has 1 aliphatic heterocycles. The Morgan fingerprint density at radius 1 is 1.13 bits per heavy atom. The second-order valence-electron chi connectivity index (χ2n) is 7.57. The SMILES string of the molecule is COC(=O)[C@@H]1C[C@@H](N(C)C)CN1C(=O)c1c(C)ccn(-c2ccccc2OC)c1=O. The highest BCUT2D eigenvalue weighted by Crippen LogP contribution is 2.25. The van der Waals surface area contributed by atoms with Crippen molar-refractivity contribution in [3.63, 3.8) is 0 Å². The third kappa shape index (κ3) is 3.82. The Morgan fingerprint density at radius 3 is 2.47 bits per heavy atom. The number of methoxy groups -OCH3 is 2. The molecule has 1 aromatic heterocycles. The minimum absolute atomic E-state index is 0.00138. The first-order chi connectivity index (χ1) is 14.3. The van der Waals surface area contributed by atoms with Crippen LogP contribution in [0.15, 0.2) is 41.3 Å². The number of likely N-dealkylation sites (N-methyl/N-ethyl adjacent to an activating group) is 1.